The number of nitrogens with one attached hydrogen (secondary N) is 3. The molecule has 4 rings (SSSR count). The quantitative estimate of drug-likeness (QED) is 0.150. The minimum atomic E-state index is -0.613. The summed E-state index contributed by atoms with van der Waals surface area (Å²) in [5.74, 6) is 0.138. The van der Waals surface area contributed by atoms with E-state index in [0.29, 0.717) is 25.2 Å². The zero-order valence-electron chi connectivity index (χ0n) is 35.3. The number of carbonyl (C=O) groups is 3. The SMILES string of the molecule is CC[C@H](C)[C@@H]([C@@H](CC(=O)N1CCCC1[C@H](OC)[C@@H](C)C(=O)N[C@@H](Cc1ccccc1)c1nn[nH]n1)OC)N(C)C(=O)C(N=C(N(C)C)N1CCNCC1)C(C)C. The van der Waals surface area contributed by atoms with E-state index in [1.807, 2.05) is 82.0 Å². The van der Waals surface area contributed by atoms with Gasteiger partial charge in [-0.1, -0.05) is 76.6 Å². The van der Waals surface area contributed by atoms with E-state index in [2.05, 4.69) is 50.0 Å². The number of hydrogen-bond acceptors (Lipinski definition) is 10. The second-order valence-electron chi connectivity index (χ2n) is 15.9. The summed E-state index contributed by atoms with van der Waals surface area (Å²) in [6.45, 7) is 14.0. The zero-order chi connectivity index (χ0) is 40.9. The van der Waals surface area contributed by atoms with Gasteiger partial charge in [-0.2, -0.15) is 5.21 Å². The number of carbonyl (C=O) groups excluding carboxylic acids is 3. The topological polar surface area (TPSA) is 174 Å². The van der Waals surface area contributed by atoms with Gasteiger partial charge in [0.05, 0.1) is 42.7 Å². The van der Waals surface area contributed by atoms with Crippen molar-refractivity contribution in [1.82, 2.24) is 50.9 Å². The molecule has 3 N–H and O–H groups in total. The Morgan fingerprint density at radius 1 is 1.02 bits per heavy atom. The van der Waals surface area contributed by atoms with Gasteiger partial charge in [0.1, 0.15) is 6.04 Å². The average molecular weight is 782 g/mol. The van der Waals surface area contributed by atoms with Crippen LogP contribution >= 0.6 is 0 Å². The molecule has 0 bridgehead atoms. The fraction of sp³-hybridized carbons (Fsp3) is 0.725. The van der Waals surface area contributed by atoms with Crippen molar-refractivity contribution < 1.29 is 23.9 Å². The molecule has 0 spiro atoms. The highest BCUT2D eigenvalue weighted by atomic mass is 16.5. The number of aromatic amines is 1. The van der Waals surface area contributed by atoms with Gasteiger partial charge in [0.25, 0.3) is 0 Å². The number of ether oxygens (including phenoxy) is 2. The molecule has 8 atom stereocenters. The van der Waals surface area contributed by atoms with E-state index in [1.165, 1.54) is 0 Å². The Morgan fingerprint density at radius 2 is 1.71 bits per heavy atom. The van der Waals surface area contributed by atoms with Gasteiger partial charge in [-0.15, -0.1) is 10.2 Å². The lowest BCUT2D eigenvalue weighted by Crippen LogP contribution is -2.55. The predicted molar refractivity (Wildman–Crippen MR) is 216 cm³/mol. The number of rotatable bonds is 18. The van der Waals surface area contributed by atoms with Crippen LogP contribution in [0.3, 0.4) is 0 Å². The van der Waals surface area contributed by atoms with E-state index in [1.54, 1.807) is 19.1 Å². The Bertz CT molecular complexity index is 1540. The first-order valence-corrected chi connectivity index (χ1v) is 20.2. The van der Waals surface area contributed by atoms with Gasteiger partial charge >= 0.3 is 0 Å². The maximum Gasteiger partial charge on any atom is 0.247 e. The maximum absolute atomic E-state index is 14.5. The Labute approximate surface area is 333 Å². The molecule has 3 amide bonds. The molecule has 2 aliphatic rings. The molecule has 16 nitrogen and oxygen atoms in total. The molecule has 0 radical (unpaired) electrons. The molecule has 1 aromatic carbocycles. The largest absolute Gasteiger partial charge is 0.379 e. The van der Waals surface area contributed by atoms with Crippen molar-refractivity contribution in [3.8, 4) is 0 Å². The highest BCUT2D eigenvalue weighted by Gasteiger charge is 2.43. The van der Waals surface area contributed by atoms with Crippen LogP contribution < -0.4 is 10.6 Å². The van der Waals surface area contributed by atoms with Gasteiger partial charge in [-0.25, -0.2) is 4.99 Å². The molecule has 312 valence electrons. The van der Waals surface area contributed by atoms with Crippen LogP contribution in [0, 0.1) is 17.8 Å². The number of tetrazole rings is 1. The normalized spacial score (nSPS) is 20.2. The van der Waals surface area contributed by atoms with Gasteiger partial charge in [0.2, 0.25) is 17.7 Å². The van der Waals surface area contributed by atoms with Crippen molar-refractivity contribution in [2.45, 2.75) is 103 Å². The van der Waals surface area contributed by atoms with E-state index in [-0.39, 0.29) is 48.1 Å². The molecule has 1 aromatic heterocycles. The van der Waals surface area contributed by atoms with Gasteiger partial charge in [-0.05, 0) is 30.2 Å². The number of H-pyrrole nitrogens is 1. The number of likely N-dealkylation sites (N-methyl/N-ethyl adjacent to an activating group) is 1. The Balaban J connectivity index is 1.51. The summed E-state index contributed by atoms with van der Waals surface area (Å²) in [5.41, 5.74) is 1.02. The molecular weight excluding hydrogens is 715 g/mol. The molecule has 2 unspecified atom stereocenters. The number of likely N-dealkylation sites (tertiary alicyclic amines) is 1. The van der Waals surface area contributed by atoms with Gasteiger partial charge in [-0.3, -0.25) is 14.4 Å². The number of hydrogen-bond donors (Lipinski definition) is 3. The number of methoxy groups -OCH3 is 2. The van der Waals surface area contributed by atoms with Gasteiger partial charge < -0.3 is 39.7 Å². The Hall–Kier alpha value is -4.15. The van der Waals surface area contributed by atoms with E-state index in [0.717, 1.165) is 50.5 Å². The highest BCUT2D eigenvalue weighted by Crippen LogP contribution is 2.30. The van der Waals surface area contributed by atoms with E-state index >= 15 is 0 Å². The number of amides is 3. The maximum atomic E-state index is 14.5. The number of aromatic nitrogens is 4. The second kappa shape index (κ2) is 21.4. The van der Waals surface area contributed by atoms with E-state index < -0.39 is 30.2 Å². The van der Waals surface area contributed by atoms with Crippen LogP contribution in [-0.4, -0.2) is 162 Å². The number of guanidine groups is 1. The van der Waals surface area contributed by atoms with Crippen molar-refractivity contribution in [3.63, 3.8) is 0 Å². The Morgan fingerprint density at radius 3 is 2.29 bits per heavy atom. The van der Waals surface area contributed by atoms with Crippen LogP contribution in [-0.2, 0) is 30.3 Å². The molecule has 3 heterocycles. The van der Waals surface area contributed by atoms with Crippen LogP contribution in [0.25, 0.3) is 0 Å². The first-order chi connectivity index (χ1) is 26.8. The van der Waals surface area contributed by atoms with Crippen LogP contribution in [0.5, 0.6) is 0 Å². The number of piperazine rings is 1. The van der Waals surface area contributed by atoms with Crippen LogP contribution in [0.4, 0.5) is 0 Å². The zero-order valence-corrected chi connectivity index (χ0v) is 35.3. The molecule has 0 aliphatic carbocycles. The van der Waals surface area contributed by atoms with E-state index in [4.69, 9.17) is 14.5 Å². The standard InChI is InChI=1S/C40H67N11O5/c1-11-27(4)35(49(8)39(54)34(26(2)3)43-40(48(6)7)50-22-19-41-20-23-50)32(55-9)25-33(52)51-21-15-18-31(51)36(56-10)28(5)38(53)42-30(37-44-46-47-45-37)24-29-16-13-12-14-17-29/h12-14,16-17,26-28,30-32,34-36,41H,11,15,18-25H2,1-10H3,(H,42,53)(H,44,45,46,47)/t27-,28+,30-,31?,32+,34?,35-,36+/m0/s1. The summed E-state index contributed by atoms with van der Waals surface area (Å²) in [4.78, 5) is 55.6. The third-order valence-electron chi connectivity index (χ3n) is 11.5. The molecular formula is C40H67N11O5. The first kappa shape index (κ1) is 44.6. The molecule has 2 fully saturated rings. The van der Waals surface area contributed by atoms with E-state index in [9.17, 15) is 14.4 Å². The minimum Gasteiger partial charge on any atom is -0.379 e. The molecule has 56 heavy (non-hydrogen) atoms. The summed E-state index contributed by atoms with van der Waals surface area (Å²) in [7, 11) is 8.95. The minimum absolute atomic E-state index is 0.0350. The molecule has 2 saturated heterocycles. The molecule has 0 saturated carbocycles. The summed E-state index contributed by atoms with van der Waals surface area (Å²) in [5, 5.41) is 21.0. The van der Waals surface area contributed by atoms with Crippen molar-refractivity contribution in [2.24, 2.45) is 22.7 Å². The van der Waals surface area contributed by atoms with Crippen molar-refractivity contribution >= 4 is 23.7 Å². The van der Waals surface area contributed by atoms with Gasteiger partial charge in [0, 0.05) is 74.5 Å². The second-order valence-corrected chi connectivity index (χ2v) is 15.9. The van der Waals surface area contributed by atoms with Gasteiger partial charge in [0.15, 0.2) is 11.8 Å². The number of nitrogens with zero attached hydrogens (tertiary/aromatic N) is 8. The third-order valence-corrected chi connectivity index (χ3v) is 11.5. The molecule has 16 heteroatoms. The lowest BCUT2D eigenvalue weighted by Gasteiger charge is -2.40. The summed E-state index contributed by atoms with van der Waals surface area (Å²) in [6.07, 6.45) is 1.69. The smallest absolute Gasteiger partial charge is 0.247 e. The number of benzene rings is 1. The fourth-order valence-electron chi connectivity index (χ4n) is 8.15. The monoisotopic (exact) mass is 782 g/mol. The average Bonchev–Trinajstić information content (AvgIpc) is 3.92. The lowest BCUT2D eigenvalue weighted by atomic mass is 9.89. The summed E-state index contributed by atoms with van der Waals surface area (Å²) >= 11 is 0. The van der Waals surface area contributed by atoms with Crippen LogP contribution in [0.1, 0.15) is 77.7 Å². The predicted octanol–water partition coefficient (Wildman–Crippen LogP) is 2.37. The summed E-state index contributed by atoms with van der Waals surface area (Å²) in [6, 6.07) is 7.99. The highest BCUT2D eigenvalue weighted by molar-refractivity contribution is 5.88. The Kier molecular flexibility index (Phi) is 17.0. The lowest BCUT2D eigenvalue weighted by molar-refractivity contribution is -0.146. The summed E-state index contributed by atoms with van der Waals surface area (Å²) < 4.78 is 12.1. The first-order valence-electron chi connectivity index (χ1n) is 20.2. The molecule has 2 aliphatic heterocycles. The fourth-order valence-corrected chi connectivity index (χ4v) is 8.15. The molecule has 2 aromatic rings. The van der Waals surface area contributed by atoms with Crippen molar-refractivity contribution in [1.29, 1.82) is 0 Å². The number of aliphatic imine (C=N–C) groups is 1. The third kappa shape index (κ3) is 11.2. The van der Waals surface area contributed by atoms with Crippen molar-refractivity contribution in [2.75, 3.05) is 68.1 Å². The van der Waals surface area contributed by atoms with Crippen LogP contribution in [0.15, 0.2) is 35.3 Å². The van der Waals surface area contributed by atoms with Crippen molar-refractivity contribution in [3.05, 3.63) is 41.7 Å². The van der Waals surface area contributed by atoms with Crippen LogP contribution in [0.2, 0.25) is 0 Å².